The highest BCUT2D eigenvalue weighted by Gasteiger charge is 2.34. The molecule has 0 amide bonds. The third-order valence-electron chi connectivity index (χ3n) is 5.97. The Morgan fingerprint density at radius 2 is 1.82 bits per heavy atom. The lowest BCUT2D eigenvalue weighted by molar-refractivity contribution is -0.139. The number of carbonyl (C=O) groups excluding carboxylic acids is 1. The summed E-state index contributed by atoms with van der Waals surface area (Å²) in [5, 5.41) is 10.3. The van der Waals surface area contributed by atoms with Gasteiger partial charge in [-0.1, -0.05) is 17.4 Å². The number of allylic oxidation sites excluding steroid dienone is 1. The molecule has 11 heteroatoms. The fourth-order valence-corrected chi connectivity index (χ4v) is 6.00. The number of fused-ring (bicyclic) bond motifs is 1. The predicted octanol–water partition coefficient (Wildman–Crippen LogP) is 3.91. The number of halogens is 1. The summed E-state index contributed by atoms with van der Waals surface area (Å²) in [5.74, 6) is 0.887. The Morgan fingerprint density at radius 1 is 1.10 bits per heavy atom. The number of rotatable bonds is 9. The number of benzene rings is 2. The van der Waals surface area contributed by atoms with Crippen LogP contribution in [-0.4, -0.2) is 42.6 Å². The molecule has 9 nitrogen and oxygen atoms in total. The van der Waals surface area contributed by atoms with E-state index in [1.165, 1.54) is 15.9 Å². The topological polar surface area (TPSA) is 109 Å². The fourth-order valence-electron chi connectivity index (χ4n) is 4.33. The van der Waals surface area contributed by atoms with E-state index in [1.54, 1.807) is 57.4 Å². The van der Waals surface area contributed by atoms with Crippen LogP contribution in [0.3, 0.4) is 0 Å². The summed E-state index contributed by atoms with van der Waals surface area (Å²) >= 11 is 3.24. The van der Waals surface area contributed by atoms with Crippen molar-refractivity contribution in [2.24, 2.45) is 4.99 Å². The first-order valence-corrected chi connectivity index (χ1v) is 14.3. The summed E-state index contributed by atoms with van der Waals surface area (Å²) in [6.45, 7) is 8.14. The van der Waals surface area contributed by atoms with Crippen molar-refractivity contribution in [2.75, 3.05) is 26.9 Å². The van der Waals surface area contributed by atoms with Gasteiger partial charge in [-0.25, -0.2) is 9.79 Å². The van der Waals surface area contributed by atoms with E-state index in [4.69, 9.17) is 18.9 Å². The van der Waals surface area contributed by atoms with E-state index in [-0.39, 0.29) is 23.5 Å². The molecule has 0 fully saturated rings. The lowest BCUT2D eigenvalue weighted by Crippen LogP contribution is -2.40. The maximum absolute atomic E-state index is 13.9. The number of hydrogen-bond acceptors (Lipinski definition) is 9. The van der Waals surface area contributed by atoms with E-state index in [0.717, 1.165) is 0 Å². The van der Waals surface area contributed by atoms with Crippen molar-refractivity contribution in [3.63, 3.8) is 0 Å². The van der Waals surface area contributed by atoms with Gasteiger partial charge in [-0.3, -0.25) is 9.36 Å². The van der Waals surface area contributed by atoms with E-state index in [9.17, 15) is 14.7 Å². The van der Waals surface area contributed by atoms with E-state index < -0.39 is 12.0 Å². The van der Waals surface area contributed by atoms with E-state index in [1.807, 2.05) is 36.4 Å². The standard InChI is InChI=1S/C28H29IN2O7S/c1-6-36-20-14-17(9-10-19(20)35-5)24-23(27(34)38-8-3)15(4)30-28-31(24)26(33)22(39-28)13-16-11-18(29)25(32)21(12-16)37-7-2/h9-14,24,32H,6-8H2,1-5H3/b22-13-/t24-/m1/s1. The predicted molar refractivity (Wildman–Crippen MR) is 157 cm³/mol. The van der Waals surface area contributed by atoms with Gasteiger partial charge in [-0.05, 0) is 91.8 Å². The maximum atomic E-state index is 13.9. The van der Waals surface area contributed by atoms with Gasteiger partial charge in [-0.15, -0.1) is 0 Å². The third kappa shape index (κ3) is 5.69. The number of methoxy groups -OCH3 is 1. The molecular formula is C28H29IN2O7S. The smallest absolute Gasteiger partial charge is 0.338 e. The SMILES string of the molecule is CCOC(=O)C1=C(C)N=c2s/c(=C\c3cc(I)c(O)c(OCC)c3)c(=O)n2[C@@H]1c1ccc(OC)c(OCC)c1. The van der Waals surface area contributed by atoms with Gasteiger partial charge >= 0.3 is 5.97 Å². The van der Waals surface area contributed by atoms with Crippen LogP contribution < -0.4 is 29.1 Å². The van der Waals surface area contributed by atoms with Crippen LogP contribution in [0.15, 0.2) is 51.4 Å². The second-order valence-corrected chi connectivity index (χ2v) is 10.6. The first-order valence-electron chi connectivity index (χ1n) is 12.4. The Kier molecular flexibility index (Phi) is 9.01. The number of aromatic nitrogens is 1. The molecule has 0 saturated heterocycles. The highest BCUT2D eigenvalue weighted by Crippen LogP contribution is 2.36. The largest absolute Gasteiger partial charge is 0.504 e. The molecule has 3 aromatic rings. The quantitative estimate of drug-likeness (QED) is 0.273. The Bertz CT molecular complexity index is 1620. The molecule has 1 aromatic heterocycles. The van der Waals surface area contributed by atoms with Gasteiger partial charge in [0.15, 0.2) is 27.8 Å². The Hall–Kier alpha value is -3.32. The number of nitrogens with zero attached hydrogens (tertiary/aromatic N) is 2. The molecule has 39 heavy (non-hydrogen) atoms. The number of phenolic OH excluding ortho intramolecular Hbond substituents is 1. The normalized spacial score (nSPS) is 15.0. The summed E-state index contributed by atoms with van der Waals surface area (Å²) in [5.41, 5.74) is 1.78. The Labute approximate surface area is 243 Å². The highest BCUT2D eigenvalue weighted by molar-refractivity contribution is 14.1. The van der Waals surface area contributed by atoms with Gasteiger partial charge in [0.05, 0.1) is 52.3 Å². The minimum Gasteiger partial charge on any atom is -0.504 e. The summed E-state index contributed by atoms with van der Waals surface area (Å²) < 4.78 is 24.7. The summed E-state index contributed by atoms with van der Waals surface area (Å²) in [6, 6.07) is 8.00. The van der Waals surface area contributed by atoms with Gasteiger partial charge in [0.1, 0.15) is 0 Å². The zero-order valence-corrected chi connectivity index (χ0v) is 25.2. The van der Waals surface area contributed by atoms with Crippen molar-refractivity contribution in [1.29, 1.82) is 0 Å². The van der Waals surface area contributed by atoms with E-state index >= 15 is 0 Å². The van der Waals surface area contributed by atoms with Crippen molar-refractivity contribution in [3.05, 3.63) is 76.0 Å². The zero-order chi connectivity index (χ0) is 28.3. The second kappa shape index (κ2) is 12.2. The lowest BCUT2D eigenvalue weighted by Gasteiger charge is -2.25. The minimum atomic E-state index is -0.786. The molecule has 2 aromatic carbocycles. The number of phenols is 1. The molecule has 1 aliphatic rings. The second-order valence-electron chi connectivity index (χ2n) is 8.43. The van der Waals surface area contributed by atoms with Gasteiger partial charge in [0.25, 0.3) is 5.56 Å². The molecule has 0 bridgehead atoms. The number of thiazole rings is 1. The molecule has 0 radical (unpaired) electrons. The van der Waals surface area contributed by atoms with E-state index in [0.29, 0.717) is 60.2 Å². The van der Waals surface area contributed by atoms with Crippen LogP contribution in [0.5, 0.6) is 23.0 Å². The van der Waals surface area contributed by atoms with Gasteiger partial charge in [-0.2, -0.15) is 0 Å². The van der Waals surface area contributed by atoms with Crippen LogP contribution in [0.2, 0.25) is 0 Å². The molecule has 1 atom stereocenters. The Morgan fingerprint density at radius 3 is 2.49 bits per heavy atom. The van der Waals surface area contributed by atoms with Crippen LogP contribution in [0.4, 0.5) is 0 Å². The molecule has 0 unspecified atom stereocenters. The monoisotopic (exact) mass is 664 g/mol. The highest BCUT2D eigenvalue weighted by atomic mass is 127. The molecule has 1 aliphatic heterocycles. The summed E-state index contributed by atoms with van der Waals surface area (Å²) in [6.07, 6.45) is 1.73. The van der Waals surface area contributed by atoms with Crippen LogP contribution in [0.1, 0.15) is 44.9 Å². The number of hydrogen-bond donors (Lipinski definition) is 1. The van der Waals surface area contributed by atoms with Crippen molar-refractivity contribution >= 4 is 46.0 Å². The molecule has 206 valence electrons. The molecule has 2 heterocycles. The summed E-state index contributed by atoms with van der Waals surface area (Å²) in [4.78, 5) is 32.1. The van der Waals surface area contributed by atoms with Crippen LogP contribution in [-0.2, 0) is 9.53 Å². The minimum absolute atomic E-state index is 0.0513. The number of esters is 1. The Balaban J connectivity index is 1.95. The number of ether oxygens (including phenoxy) is 4. The van der Waals surface area contributed by atoms with Crippen molar-refractivity contribution in [3.8, 4) is 23.0 Å². The van der Waals surface area contributed by atoms with Crippen molar-refractivity contribution in [2.45, 2.75) is 33.7 Å². The van der Waals surface area contributed by atoms with E-state index in [2.05, 4.69) is 4.99 Å². The molecule has 4 rings (SSSR count). The zero-order valence-electron chi connectivity index (χ0n) is 22.2. The average Bonchev–Trinajstić information content (AvgIpc) is 3.20. The first kappa shape index (κ1) is 28.7. The number of carbonyl (C=O) groups is 1. The molecular weight excluding hydrogens is 635 g/mol. The summed E-state index contributed by atoms with van der Waals surface area (Å²) in [7, 11) is 1.55. The van der Waals surface area contributed by atoms with Crippen LogP contribution in [0.25, 0.3) is 6.08 Å². The number of aromatic hydroxyl groups is 1. The molecule has 0 saturated carbocycles. The van der Waals surface area contributed by atoms with Gasteiger partial charge in [0, 0.05) is 0 Å². The molecule has 0 aliphatic carbocycles. The van der Waals surface area contributed by atoms with Crippen LogP contribution in [0, 0.1) is 3.57 Å². The lowest BCUT2D eigenvalue weighted by atomic mass is 9.95. The fraction of sp³-hybridized carbons (Fsp3) is 0.321. The first-order chi connectivity index (χ1) is 18.7. The average molecular weight is 665 g/mol. The third-order valence-corrected chi connectivity index (χ3v) is 7.77. The van der Waals surface area contributed by atoms with Gasteiger partial charge < -0.3 is 24.1 Å². The van der Waals surface area contributed by atoms with Crippen molar-refractivity contribution in [1.82, 2.24) is 4.57 Å². The van der Waals surface area contributed by atoms with Crippen molar-refractivity contribution < 1.29 is 28.8 Å². The van der Waals surface area contributed by atoms with Crippen LogP contribution >= 0.6 is 33.9 Å². The van der Waals surface area contributed by atoms with Gasteiger partial charge in [0.2, 0.25) is 0 Å². The molecule has 0 spiro atoms. The molecule has 1 N–H and O–H groups in total. The maximum Gasteiger partial charge on any atom is 0.338 e.